The Labute approximate surface area is 113 Å². The average molecular weight is 281 g/mol. The summed E-state index contributed by atoms with van der Waals surface area (Å²) in [5.74, 6) is -0.417. The number of aromatic nitrogens is 4. The number of nitro groups is 1. The highest BCUT2D eigenvalue weighted by atomic mass is 19.1. The van der Waals surface area contributed by atoms with Crippen molar-refractivity contribution in [2.75, 3.05) is 0 Å². The molecule has 106 valence electrons. The second kappa shape index (κ2) is 6.04. The van der Waals surface area contributed by atoms with Gasteiger partial charge in [-0.3, -0.25) is 10.1 Å². The molecule has 0 spiro atoms. The number of halogens is 1. The van der Waals surface area contributed by atoms with Gasteiger partial charge in [-0.25, -0.2) is 9.07 Å². The summed E-state index contributed by atoms with van der Waals surface area (Å²) in [6.45, 7) is 2.60. The molecule has 1 aromatic carbocycles. The molecule has 0 amide bonds. The number of benzene rings is 1. The van der Waals surface area contributed by atoms with E-state index < -0.39 is 10.7 Å². The maximum atomic E-state index is 13.6. The molecule has 1 heterocycles. The third kappa shape index (κ3) is 3.05. The van der Waals surface area contributed by atoms with Crippen LogP contribution in [0.3, 0.4) is 0 Å². The lowest BCUT2D eigenvalue weighted by molar-refractivity contribution is -0.385. The van der Waals surface area contributed by atoms with Crippen molar-refractivity contribution < 1.29 is 14.1 Å². The highest BCUT2D eigenvalue weighted by Crippen LogP contribution is 2.23. The Morgan fingerprint density at radius 3 is 2.95 bits per heavy atom. The molecule has 0 radical (unpaired) electrons. The van der Waals surface area contributed by atoms with Crippen LogP contribution in [0.5, 0.6) is 5.75 Å². The van der Waals surface area contributed by atoms with Crippen molar-refractivity contribution in [3.63, 3.8) is 0 Å². The molecule has 2 rings (SSSR count). The van der Waals surface area contributed by atoms with Gasteiger partial charge in [-0.15, -0.1) is 5.10 Å². The summed E-state index contributed by atoms with van der Waals surface area (Å²) in [4.78, 5) is 9.82. The fourth-order valence-corrected chi connectivity index (χ4v) is 1.57. The van der Waals surface area contributed by atoms with Crippen molar-refractivity contribution in [3.05, 3.63) is 40.0 Å². The SMILES string of the molecule is CCCn1nnnc1COc1ccc([N+](=O)[O-])cc1F. The van der Waals surface area contributed by atoms with Gasteiger partial charge in [-0.1, -0.05) is 6.92 Å². The first kappa shape index (κ1) is 13.8. The quantitative estimate of drug-likeness (QED) is 0.590. The molecule has 0 saturated heterocycles. The number of nitrogens with zero attached hydrogens (tertiary/aromatic N) is 5. The summed E-state index contributed by atoms with van der Waals surface area (Å²) in [6.07, 6.45) is 0.851. The summed E-state index contributed by atoms with van der Waals surface area (Å²) in [7, 11) is 0. The number of hydrogen-bond acceptors (Lipinski definition) is 6. The topological polar surface area (TPSA) is 96.0 Å². The molecule has 0 aliphatic rings. The van der Waals surface area contributed by atoms with E-state index in [-0.39, 0.29) is 18.0 Å². The van der Waals surface area contributed by atoms with Crippen LogP contribution in [0.4, 0.5) is 10.1 Å². The van der Waals surface area contributed by atoms with Crippen molar-refractivity contribution in [1.82, 2.24) is 20.2 Å². The van der Waals surface area contributed by atoms with Crippen molar-refractivity contribution in [2.24, 2.45) is 0 Å². The van der Waals surface area contributed by atoms with Gasteiger partial charge >= 0.3 is 0 Å². The van der Waals surface area contributed by atoms with Crippen LogP contribution in [0.15, 0.2) is 18.2 Å². The molecular formula is C11H12FN5O3. The Hall–Kier alpha value is -2.58. The summed E-state index contributed by atoms with van der Waals surface area (Å²) < 4.78 is 20.4. The van der Waals surface area contributed by atoms with E-state index in [1.807, 2.05) is 6.92 Å². The Morgan fingerprint density at radius 2 is 2.30 bits per heavy atom. The first-order chi connectivity index (χ1) is 9.61. The Morgan fingerprint density at radius 1 is 1.50 bits per heavy atom. The number of ether oxygens (including phenoxy) is 1. The smallest absolute Gasteiger partial charge is 0.272 e. The van der Waals surface area contributed by atoms with E-state index in [4.69, 9.17) is 4.74 Å². The highest BCUT2D eigenvalue weighted by Gasteiger charge is 2.13. The van der Waals surface area contributed by atoms with Gasteiger partial charge in [-0.2, -0.15) is 0 Å². The summed E-state index contributed by atoms with van der Waals surface area (Å²) >= 11 is 0. The predicted molar refractivity (Wildman–Crippen MR) is 65.5 cm³/mol. The number of nitro benzene ring substituents is 1. The first-order valence-electron chi connectivity index (χ1n) is 5.93. The van der Waals surface area contributed by atoms with Crippen molar-refractivity contribution >= 4 is 5.69 Å². The molecule has 0 unspecified atom stereocenters. The number of hydrogen-bond donors (Lipinski definition) is 0. The third-order valence-corrected chi connectivity index (χ3v) is 2.52. The molecule has 0 aliphatic carbocycles. The van der Waals surface area contributed by atoms with E-state index in [9.17, 15) is 14.5 Å². The second-order valence-corrected chi connectivity index (χ2v) is 3.98. The van der Waals surface area contributed by atoms with Crippen LogP contribution in [0, 0.1) is 15.9 Å². The molecule has 2 aromatic rings. The summed E-state index contributed by atoms with van der Waals surface area (Å²) in [5, 5.41) is 21.5. The molecule has 8 nitrogen and oxygen atoms in total. The summed E-state index contributed by atoms with van der Waals surface area (Å²) in [5.41, 5.74) is -0.328. The Kier molecular flexibility index (Phi) is 4.18. The largest absolute Gasteiger partial charge is 0.482 e. The van der Waals surface area contributed by atoms with Gasteiger partial charge in [0, 0.05) is 12.6 Å². The molecule has 0 fully saturated rings. The molecule has 1 aromatic heterocycles. The molecule has 20 heavy (non-hydrogen) atoms. The standard InChI is InChI=1S/C11H12FN5O3/c1-2-5-16-11(13-14-15-16)7-20-10-4-3-8(17(18)19)6-9(10)12/h3-4,6H,2,5,7H2,1H3. The van der Waals surface area contributed by atoms with E-state index in [2.05, 4.69) is 15.5 Å². The molecule has 0 saturated carbocycles. The van der Waals surface area contributed by atoms with Crippen LogP contribution >= 0.6 is 0 Å². The number of aryl methyl sites for hydroxylation is 1. The second-order valence-electron chi connectivity index (χ2n) is 3.98. The molecule has 9 heteroatoms. The van der Waals surface area contributed by atoms with Gasteiger partial charge in [0.15, 0.2) is 17.4 Å². The third-order valence-electron chi connectivity index (χ3n) is 2.52. The molecule has 0 aliphatic heterocycles. The number of rotatable bonds is 6. The fraction of sp³-hybridized carbons (Fsp3) is 0.364. The lowest BCUT2D eigenvalue weighted by Crippen LogP contribution is -2.09. The zero-order valence-corrected chi connectivity index (χ0v) is 10.7. The maximum Gasteiger partial charge on any atom is 0.272 e. The Bertz CT molecular complexity index is 616. The number of tetrazole rings is 1. The van der Waals surface area contributed by atoms with Crippen LogP contribution in [0.2, 0.25) is 0 Å². The maximum absolute atomic E-state index is 13.6. The van der Waals surface area contributed by atoms with Crippen LogP contribution in [0.1, 0.15) is 19.2 Å². The van der Waals surface area contributed by atoms with Crippen molar-refractivity contribution in [3.8, 4) is 5.75 Å². The van der Waals surface area contributed by atoms with E-state index >= 15 is 0 Å². The van der Waals surface area contributed by atoms with Gasteiger partial charge in [0.25, 0.3) is 5.69 Å². The zero-order chi connectivity index (χ0) is 14.5. The normalized spacial score (nSPS) is 10.5. The van der Waals surface area contributed by atoms with E-state index in [1.165, 1.54) is 12.1 Å². The zero-order valence-electron chi connectivity index (χ0n) is 10.7. The monoisotopic (exact) mass is 281 g/mol. The average Bonchev–Trinajstić information content (AvgIpc) is 2.85. The van der Waals surface area contributed by atoms with Crippen molar-refractivity contribution in [2.45, 2.75) is 26.5 Å². The van der Waals surface area contributed by atoms with E-state index in [0.717, 1.165) is 12.5 Å². The molecular weight excluding hydrogens is 269 g/mol. The molecule has 0 bridgehead atoms. The van der Waals surface area contributed by atoms with E-state index in [0.29, 0.717) is 12.4 Å². The predicted octanol–water partition coefficient (Wildman–Crippen LogP) is 1.71. The highest BCUT2D eigenvalue weighted by molar-refractivity contribution is 5.37. The fourth-order valence-electron chi connectivity index (χ4n) is 1.57. The Balaban J connectivity index is 2.07. The van der Waals surface area contributed by atoms with Crippen molar-refractivity contribution in [1.29, 1.82) is 0 Å². The van der Waals surface area contributed by atoms with Gasteiger partial charge in [0.2, 0.25) is 0 Å². The van der Waals surface area contributed by atoms with Gasteiger partial charge in [0.1, 0.15) is 6.61 Å². The van der Waals surface area contributed by atoms with Crippen LogP contribution in [-0.2, 0) is 13.2 Å². The van der Waals surface area contributed by atoms with Crippen LogP contribution in [-0.4, -0.2) is 25.1 Å². The van der Waals surface area contributed by atoms with Crippen LogP contribution < -0.4 is 4.74 Å². The van der Waals surface area contributed by atoms with E-state index in [1.54, 1.807) is 4.68 Å². The van der Waals surface area contributed by atoms with Gasteiger partial charge in [0.05, 0.1) is 11.0 Å². The summed E-state index contributed by atoms with van der Waals surface area (Å²) in [6, 6.07) is 3.19. The minimum Gasteiger partial charge on any atom is -0.482 e. The lowest BCUT2D eigenvalue weighted by Gasteiger charge is -2.07. The minimum atomic E-state index is -0.797. The number of non-ortho nitro benzene ring substituents is 1. The molecule has 0 N–H and O–H groups in total. The molecule has 0 atom stereocenters. The van der Waals surface area contributed by atoms with Gasteiger partial charge < -0.3 is 4.74 Å². The minimum absolute atomic E-state index is 0.0122. The van der Waals surface area contributed by atoms with Gasteiger partial charge in [-0.05, 0) is 22.9 Å². The van der Waals surface area contributed by atoms with Crippen LogP contribution in [0.25, 0.3) is 0 Å². The lowest BCUT2D eigenvalue weighted by atomic mass is 10.3. The first-order valence-corrected chi connectivity index (χ1v) is 5.93.